The molecule has 0 bridgehead atoms. The summed E-state index contributed by atoms with van der Waals surface area (Å²) in [4.78, 5) is 27.7. The summed E-state index contributed by atoms with van der Waals surface area (Å²) < 4.78 is 18.3. The molecule has 2 aromatic rings. The summed E-state index contributed by atoms with van der Waals surface area (Å²) in [6, 6.07) is 13.3. The van der Waals surface area contributed by atoms with Gasteiger partial charge in [-0.15, -0.1) is 0 Å². The fourth-order valence-corrected chi connectivity index (χ4v) is 4.31. The summed E-state index contributed by atoms with van der Waals surface area (Å²) in [5.41, 5.74) is 3.70. The number of methoxy groups -OCH3 is 1. The van der Waals surface area contributed by atoms with E-state index in [0.717, 1.165) is 24.9 Å². The van der Waals surface area contributed by atoms with Gasteiger partial charge < -0.3 is 4.74 Å². The van der Waals surface area contributed by atoms with Gasteiger partial charge in [0, 0.05) is 18.7 Å². The highest BCUT2D eigenvalue weighted by atomic mass is 19.1. The van der Waals surface area contributed by atoms with E-state index < -0.39 is 5.54 Å². The second kappa shape index (κ2) is 7.83. The van der Waals surface area contributed by atoms with Gasteiger partial charge in [-0.25, -0.2) is 9.40 Å². The number of hydrogen-bond acceptors (Lipinski definition) is 4. The number of nitrogens with zero attached hydrogens (tertiary/aromatic N) is 2. The van der Waals surface area contributed by atoms with Crippen LogP contribution in [0.1, 0.15) is 35.2 Å². The highest BCUT2D eigenvalue weighted by Gasteiger charge is 2.50. The quantitative estimate of drug-likeness (QED) is 0.862. The Hall–Kier alpha value is -2.93. The Morgan fingerprint density at radius 2 is 1.90 bits per heavy atom. The van der Waals surface area contributed by atoms with Gasteiger partial charge in [-0.3, -0.25) is 19.9 Å². The maximum atomic E-state index is 13.2. The maximum Gasteiger partial charge on any atom is 0.272 e. The van der Waals surface area contributed by atoms with Crippen molar-refractivity contribution in [3.63, 3.8) is 0 Å². The zero-order valence-electron chi connectivity index (χ0n) is 16.4. The molecule has 0 saturated carbocycles. The van der Waals surface area contributed by atoms with Crippen LogP contribution in [-0.4, -0.2) is 47.5 Å². The number of hydrogen-bond donors (Lipinski definition) is 1. The van der Waals surface area contributed by atoms with Crippen LogP contribution in [0, 0.1) is 5.82 Å². The number of ether oxygens (including phenoxy) is 1. The smallest absolute Gasteiger partial charge is 0.272 e. The molecule has 2 heterocycles. The van der Waals surface area contributed by atoms with Crippen LogP contribution in [0.2, 0.25) is 0 Å². The van der Waals surface area contributed by atoms with Crippen LogP contribution in [0.4, 0.5) is 4.39 Å². The van der Waals surface area contributed by atoms with Crippen LogP contribution < -0.4 is 10.2 Å². The molecular weight excluding hydrogens is 373 g/mol. The highest BCUT2D eigenvalue weighted by molar-refractivity contribution is 5.98. The Balaban J connectivity index is 1.54. The van der Waals surface area contributed by atoms with E-state index in [1.807, 2.05) is 0 Å². The van der Waals surface area contributed by atoms with Gasteiger partial charge in [0.15, 0.2) is 0 Å². The van der Waals surface area contributed by atoms with Gasteiger partial charge in [0.2, 0.25) is 5.91 Å². The molecule has 2 aromatic carbocycles. The molecule has 2 aliphatic rings. The third-order valence-electron chi connectivity index (χ3n) is 5.69. The van der Waals surface area contributed by atoms with E-state index in [2.05, 4.69) is 10.3 Å². The van der Waals surface area contributed by atoms with Crippen LogP contribution in [0.25, 0.3) is 0 Å². The molecule has 1 spiro atoms. The van der Waals surface area contributed by atoms with Gasteiger partial charge in [0.25, 0.3) is 5.91 Å². The van der Waals surface area contributed by atoms with Gasteiger partial charge in [-0.05, 0) is 61.3 Å². The lowest BCUT2D eigenvalue weighted by molar-refractivity contribution is -0.120. The summed E-state index contributed by atoms with van der Waals surface area (Å²) >= 11 is 0. The van der Waals surface area contributed by atoms with Crippen molar-refractivity contribution >= 4 is 11.8 Å². The number of halogens is 1. The van der Waals surface area contributed by atoms with Gasteiger partial charge >= 0.3 is 0 Å². The van der Waals surface area contributed by atoms with Crippen molar-refractivity contribution in [2.24, 2.45) is 0 Å². The minimum atomic E-state index is -0.577. The third-order valence-corrected chi connectivity index (χ3v) is 5.69. The Morgan fingerprint density at radius 3 is 2.59 bits per heavy atom. The van der Waals surface area contributed by atoms with E-state index in [1.165, 1.54) is 17.1 Å². The number of benzene rings is 2. The molecule has 0 aliphatic carbocycles. The van der Waals surface area contributed by atoms with E-state index in [0.29, 0.717) is 24.4 Å². The van der Waals surface area contributed by atoms with Crippen molar-refractivity contribution < 1.29 is 18.7 Å². The first-order valence-electron chi connectivity index (χ1n) is 9.74. The van der Waals surface area contributed by atoms with Crippen molar-refractivity contribution in [3.05, 3.63) is 65.5 Å². The number of piperidine rings is 1. The number of nitrogens with one attached hydrogen (secondary N) is 1. The lowest BCUT2D eigenvalue weighted by Crippen LogP contribution is -2.59. The molecule has 1 atom stereocenters. The summed E-state index contributed by atoms with van der Waals surface area (Å²) in [5.74, 6) is 0.0493. The first-order valence-corrected chi connectivity index (χ1v) is 9.74. The van der Waals surface area contributed by atoms with Gasteiger partial charge in [0.05, 0.1) is 19.1 Å². The predicted octanol–water partition coefficient (Wildman–Crippen LogP) is 2.75. The van der Waals surface area contributed by atoms with Crippen LogP contribution in [0.5, 0.6) is 5.75 Å². The number of amides is 2. The molecule has 7 heteroatoms. The number of rotatable bonds is 4. The average Bonchev–Trinajstić information content (AvgIpc) is 3.04. The second-order valence-corrected chi connectivity index (χ2v) is 7.75. The molecular formula is C22H24FN3O3. The number of likely N-dealkylation sites (tertiary alicyclic amines) is 1. The Labute approximate surface area is 169 Å². The molecule has 0 aromatic heterocycles. The standard InChI is InChI=1S/C22H24FN3O3/c1-29-19-9-5-17(6-10-19)21(28)26-22(13-20(27)24-26)11-2-12-25(15-22)14-16-3-7-18(23)8-4-16/h3-10H,2,11-15H2,1H3,(H,24,27). The summed E-state index contributed by atoms with van der Waals surface area (Å²) in [5, 5.41) is 1.52. The van der Waals surface area contributed by atoms with Gasteiger partial charge in [0.1, 0.15) is 11.6 Å². The fourth-order valence-electron chi connectivity index (χ4n) is 4.31. The number of hydrazine groups is 1. The minimum absolute atomic E-state index is 0.143. The van der Waals surface area contributed by atoms with Crippen molar-refractivity contribution in [2.75, 3.05) is 20.2 Å². The van der Waals surface area contributed by atoms with Crippen molar-refractivity contribution in [3.8, 4) is 5.75 Å². The van der Waals surface area contributed by atoms with Crippen molar-refractivity contribution in [1.29, 1.82) is 0 Å². The van der Waals surface area contributed by atoms with E-state index in [4.69, 9.17) is 4.74 Å². The van der Waals surface area contributed by atoms with Crippen molar-refractivity contribution in [1.82, 2.24) is 15.3 Å². The monoisotopic (exact) mass is 397 g/mol. The number of carbonyl (C=O) groups excluding carboxylic acids is 2. The van der Waals surface area contributed by atoms with Crippen LogP contribution >= 0.6 is 0 Å². The van der Waals surface area contributed by atoms with Gasteiger partial charge in [-0.2, -0.15) is 0 Å². The van der Waals surface area contributed by atoms with Crippen LogP contribution in [-0.2, 0) is 11.3 Å². The van der Waals surface area contributed by atoms with E-state index >= 15 is 0 Å². The zero-order valence-corrected chi connectivity index (χ0v) is 16.4. The zero-order chi connectivity index (χ0) is 20.4. The first-order chi connectivity index (χ1) is 14.0. The molecule has 2 amide bonds. The van der Waals surface area contributed by atoms with Crippen LogP contribution in [0.3, 0.4) is 0 Å². The number of carbonyl (C=O) groups is 2. The minimum Gasteiger partial charge on any atom is -0.497 e. The molecule has 2 aliphatic heterocycles. The Bertz CT molecular complexity index is 901. The van der Waals surface area contributed by atoms with E-state index in [-0.39, 0.29) is 24.1 Å². The van der Waals surface area contributed by atoms with Gasteiger partial charge in [-0.1, -0.05) is 12.1 Å². The molecule has 4 rings (SSSR count). The molecule has 2 fully saturated rings. The molecule has 152 valence electrons. The maximum absolute atomic E-state index is 13.2. The van der Waals surface area contributed by atoms with E-state index in [9.17, 15) is 14.0 Å². The molecule has 1 N–H and O–H groups in total. The Kier molecular flexibility index (Phi) is 5.24. The summed E-state index contributed by atoms with van der Waals surface area (Å²) in [7, 11) is 1.57. The van der Waals surface area contributed by atoms with Crippen molar-refractivity contribution in [2.45, 2.75) is 31.3 Å². The SMILES string of the molecule is COc1ccc(C(=O)N2NC(=O)CC23CCCN(Cc2ccc(F)cc2)C3)cc1. The largest absolute Gasteiger partial charge is 0.497 e. The topological polar surface area (TPSA) is 61.9 Å². The molecule has 1 unspecified atom stereocenters. The predicted molar refractivity (Wildman–Crippen MR) is 106 cm³/mol. The molecule has 2 saturated heterocycles. The van der Waals surface area contributed by atoms with E-state index in [1.54, 1.807) is 43.5 Å². The fraction of sp³-hybridized carbons (Fsp3) is 0.364. The lowest BCUT2D eigenvalue weighted by Gasteiger charge is -2.44. The Morgan fingerprint density at radius 1 is 1.17 bits per heavy atom. The first kappa shape index (κ1) is 19.4. The second-order valence-electron chi connectivity index (χ2n) is 7.75. The highest BCUT2D eigenvalue weighted by Crippen LogP contribution is 2.35. The molecule has 29 heavy (non-hydrogen) atoms. The molecule has 6 nitrogen and oxygen atoms in total. The normalized spacial score (nSPS) is 22.0. The third kappa shape index (κ3) is 3.96. The average molecular weight is 397 g/mol. The molecule has 0 radical (unpaired) electrons. The summed E-state index contributed by atoms with van der Waals surface area (Å²) in [6.45, 7) is 2.11. The lowest BCUT2D eigenvalue weighted by atomic mass is 9.85. The summed E-state index contributed by atoms with van der Waals surface area (Å²) in [6.07, 6.45) is 1.92. The van der Waals surface area contributed by atoms with Crippen LogP contribution in [0.15, 0.2) is 48.5 Å².